The fraction of sp³-hybridized carbons (Fsp3) is 0.909. The highest BCUT2D eigenvalue weighted by atomic mass is 16.5. The van der Waals surface area contributed by atoms with Gasteiger partial charge in [0.25, 0.3) is 0 Å². The SMILES string of the molecule is COCCN(CCC(C)(N)C(=O)O)C(C)C. The van der Waals surface area contributed by atoms with Gasteiger partial charge in [-0.2, -0.15) is 0 Å². The maximum absolute atomic E-state index is 10.8. The van der Waals surface area contributed by atoms with Crippen molar-refractivity contribution in [3.05, 3.63) is 0 Å². The summed E-state index contributed by atoms with van der Waals surface area (Å²) in [4.78, 5) is 13.0. The number of carboxylic acids is 1. The molecule has 0 heterocycles. The van der Waals surface area contributed by atoms with Crippen molar-refractivity contribution in [2.24, 2.45) is 5.73 Å². The highest BCUT2D eigenvalue weighted by Gasteiger charge is 2.28. The van der Waals surface area contributed by atoms with Crippen molar-refractivity contribution < 1.29 is 14.6 Å². The molecule has 0 aliphatic rings. The fourth-order valence-corrected chi connectivity index (χ4v) is 1.32. The molecule has 0 rings (SSSR count). The van der Waals surface area contributed by atoms with Gasteiger partial charge in [0, 0.05) is 26.2 Å². The van der Waals surface area contributed by atoms with E-state index in [1.165, 1.54) is 0 Å². The average Bonchev–Trinajstić information content (AvgIpc) is 2.16. The average molecular weight is 232 g/mol. The van der Waals surface area contributed by atoms with E-state index in [0.717, 1.165) is 6.54 Å². The van der Waals surface area contributed by atoms with Crippen LogP contribution < -0.4 is 5.73 Å². The third-order valence-electron chi connectivity index (χ3n) is 2.72. The molecule has 5 nitrogen and oxygen atoms in total. The number of methoxy groups -OCH3 is 1. The lowest BCUT2D eigenvalue weighted by Gasteiger charge is -2.29. The number of ether oxygens (including phenoxy) is 1. The molecule has 0 aromatic heterocycles. The van der Waals surface area contributed by atoms with Gasteiger partial charge in [0.15, 0.2) is 0 Å². The summed E-state index contributed by atoms with van der Waals surface area (Å²) >= 11 is 0. The molecule has 0 aromatic carbocycles. The van der Waals surface area contributed by atoms with Gasteiger partial charge >= 0.3 is 5.97 Å². The Hall–Kier alpha value is -0.650. The quantitative estimate of drug-likeness (QED) is 0.638. The summed E-state index contributed by atoms with van der Waals surface area (Å²) in [5.74, 6) is -0.956. The van der Waals surface area contributed by atoms with Gasteiger partial charge in [0.1, 0.15) is 5.54 Å². The molecule has 0 aliphatic heterocycles. The molecular weight excluding hydrogens is 208 g/mol. The Kier molecular flexibility index (Phi) is 6.55. The first-order chi connectivity index (χ1) is 7.31. The minimum Gasteiger partial charge on any atom is -0.480 e. The molecule has 96 valence electrons. The largest absolute Gasteiger partial charge is 0.480 e. The molecular formula is C11H24N2O3. The lowest BCUT2D eigenvalue weighted by atomic mass is 9.99. The van der Waals surface area contributed by atoms with Gasteiger partial charge in [-0.15, -0.1) is 0 Å². The molecule has 0 amide bonds. The van der Waals surface area contributed by atoms with Crippen molar-refractivity contribution in [1.29, 1.82) is 0 Å². The van der Waals surface area contributed by atoms with Crippen molar-refractivity contribution in [2.45, 2.75) is 38.8 Å². The first-order valence-corrected chi connectivity index (χ1v) is 5.56. The van der Waals surface area contributed by atoms with Crippen LogP contribution in [0.15, 0.2) is 0 Å². The standard InChI is InChI=1S/C11H24N2O3/c1-9(2)13(7-8-16-4)6-5-11(3,12)10(14)15/h9H,5-8,12H2,1-4H3,(H,14,15). The van der Waals surface area contributed by atoms with E-state index in [-0.39, 0.29) is 0 Å². The number of carboxylic acid groups (broad SMARTS) is 1. The summed E-state index contributed by atoms with van der Waals surface area (Å²) in [6, 6.07) is 0.361. The second-order valence-corrected chi connectivity index (χ2v) is 4.60. The normalized spacial score (nSPS) is 15.4. The van der Waals surface area contributed by atoms with Crippen LogP contribution in [0.1, 0.15) is 27.2 Å². The van der Waals surface area contributed by atoms with Crippen molar-refractivity contribution in [3.63, 3.8) is 0 Å². The lowest BCUT2D eigenvalue weighted by molar-refractivity contribution is -0.143. The van der Waals surface area contributed by atoms with Gasteiger partial charge in [-0.05, 0) is 27.2 Å². The monoisotopic (exact) mass is 232 g/mol. The Morgan fingerprint density at radius 3 is 2.44 bits per heavy atom. The summed E-state index contributed by atoms with van der Waals surface area (Å²) in [7, 11) is 1.66. The number of nitrogens with two attached hydrogens (primary N) is 1. The topological polar surface area (TPSA) is 75.8 Å². The van der Waals surface area contributed by atoms with Crippen LogP contribution in [0, 0.1) is 0 Å². The first kappa shape index (κ1) is 15.3. The van der Waals surface area contributed by atoms with Crippen LogP contribution in [0.3, 0.4) is 0 Å². The summed E-state index contributed by atoms with van der Waals surface area (Å²) in [6.45, 7) is 7.80. The van der Waals surface area contributed by atoms with Crippen molar-refractivity contribution in [1.82, 2.24) is 4.90 Å². The van der Waals surface area contributed by atoms with E-state index >= 15 is 0 Å². The molecule has 0 saturated heterocycles. The second-order valence-electron chi connectivity index (χ2n) is 4.60. The molecule has 0 fully saturated rings. The number of carbonyl (C=O) groups is 1. The Morgan fingerprint density at radius 2 is 2.06 bits per heavy atom. The molecule has 16 heavy (non-hydrogen) atoms. The minimum atomic E-state index is -1.15. The molecule has 0 bridgehead atoms. The Balaban J connectivity index is 4.16. The third-order valence-corrected chi connectivity index (χ3v) is 2.72. The molecule has 5 heteroatoms. The van der Waals surface area contributed by atoms with Gasteiger partial charge in [-0.3, -0.25) is 9.69 Å². The van der Waals surface area contributed by atoms with Gasteiger partial charge in [0.05, 0.1) is 6.61 Å². The highest BCUT2D eigenvalue weighted by molar-refractivity contribution is 5.77. The van der Waals surface area contributed by atoms with Crippen LogP contribution in [-0.2, 0) is 9.53 Å². The maximum Gasteiger partial charge on any atom is 0.323 e. The summed E-state index contributed by atoms with van der Waals surface area (Å²) in [6.07, 6.45) is 0.435. The van der Waals surface area contributed by atoms with Gasteiger partial charge in [-0.1, -0.05) is 0 Å². The van der Waals surface area contributed by atoms with Gasteiger partial charge in [-0.25, -0.2) is 0 Å². The van der Waals surface area contributed by atoms with Gasteiger partial charge in [0.2, 0.25) is 0 Å². The third kappa shape index (κ3) is 5.44. The van der Waals surface area contributed by atoms with Crippen molar-refractivity contribution in [3.8, 4) is 0 Å². The van der Waals surface area contributed by atoms with Crippen LogP contribution in [0.5, 0.6) is 0 Å². The Morgan fingerprint density at radius 1 is 1.50 bits per heavy atom. The number of nitrogens with zero attached hydrogens (tertiary/aromatic N) is 1. The molecule has 0 saturated carbocycles. The van der Waals surface area contributed by atoms with Crippen LogP contribution in [-0.4, -0.2) is 54.4 Å². The van der Waals surface area contributed by atoms with E-state index in [0.29, 0.717) is 25.6 Å². The lowest BCUT2D eigenvalue weighted by Crippen LogP contribution is -2.48. The summed E-state index contributed by atoms with van der Waals surface area (Å²) in [5, 5.41) is 8.90. The molecule has 0 aromatic rings. The van der Waals surface area contributed by atoms with E-state index in [9.17, 15) is 4.79 Å². The number of hydrogen-bond acceptors (Lipinski definition) is 4. The predicted octanol–water partition coefficient (Wildman–Crippen LogP) is 0.535. The van der Waals surface area contributed by atoms with E-state index in [2.05, 4.69) is 18.7 Å². The smallest absolute Gasteiger partial charge is 0.323 e. The van der Waals surface area contributed by atoms with E-state index in [1.54, 1.807) is 14.0 Å². The molecule has 0 spiro atoms. The molecule has 3 N–H and O–H groups in total. The Labute approximate surface area is 97.6 Å². The zero-order chi connectivity index (χ0) is 12.8. The molecule has 1 unspecified atom stereocenters. The van der Waals surface area contributed by atoms with Gasteiger partial charge < -0.3 is 15.6 Å². The molecule has 1 atom stereocenters. The van der Waals surface area contributed by atoms with E-state index in [4.69, 9.17) is 15.6 Å². The summed E-state index contributed by atoms with van der Waals surface area (Å²) < 4.78 is 5.01. The maximum atomic E-state index is 10.8. The minimum absolute atomic E-state index is 0.361. The zero-order valence-corrected chi connectivity index (χ0v) is 10.7. The molecule has 0 aliphatic carbocycles. The Bertz CT molecular complexity index is 217. The highest BCUT2D eigenvalue weighted by Crippen LogP contribution is 2.09. The number of hydrogen-bond donors (Lipinski definition) is 2. The summed E-state index contributed by atoms with van der Waals surface area (Å²) in [5.41, 5.74) is 4.53. The van der Waals surface area contributed by atoms with Crippen LogP contribution in [0.2, 0.25) is 0 Å². The van der Waals surface area contributed by atoms with Crippen LogP contribution in [0.4, 0.5) is 0 Å². The van der Waals surface area contributed by atoms with Crippen molar-refractivity contribution >= 4 is 5.97 Å². The number of aliphatic carboxylic acids is 1. The second kappa shape index (κ2) is 6.83. The molecule has 0 radical (unpaired) electrons. The predicted molar refractivity (Wildman–Crippen MR) is 63.4 cm³/mol. The first-order valence-electron chi connectivity index (χ1n) is 5.56. The van der Waals surface area contributed by atoms with E-state index < -0.39 is 11.5 Å². The van der Waals surface area contributed by atoms with Crippen LogP contribution in [0.25, 0.3) is 0 Å². The zero-order valence-electron chi connectivity index (χ0n) is 10.7. The van der Waals surface area contributed by atoms with Crippen LogP contribution >= 0.6 is 0 Å². The van der Waals surface area contributed by atoms with E-state index in [1.807, 2.05) is 0 Å². The van der Waals surface area contributed by atoms with Crippen molar-refractivity contribution in [2.75, 3.05) is 26.8 Å². The fourth-order valence-electron chi connectivity index (χ4n) is 1.32. The number of rotatable bonds is 8.